The molecular formula is C14H16ClN3O2. The Bertz CT molecular complexity index is 554. The van der Waals surface area contributed by atoms with E-state index in [2.05, 4.69) is 15.5 Å². The number of halogens is 1. The van der Waals surface area contributed by atoms with Crippen molar-refractivity contribution >= 4 is 17.5 Å². The van der Waals surface area contributed by atoms with Crippen molar-refractivity contribution in [3.8, 4) is 0 Å². The number of benzene rings is 1. The van der Waals surface area contributed by atoms with Crippen LogP contribution >= 0.6 is 11.6 Å². The van der Waals surface area contributed by atoms with Gasteiger partial charge in [-0.2, -0.15) is 5.10 Å². The first-order chi connectivity index (χ1) is 9.61. The van der Waals surface area contributed by atoms with Gasteiger partial charge < -0.3 is 10.1 Å². The van der Waals surface area contributed by atoms with Gasteiger partial charge in [-0.05, 0) is 30.7 Å². The summed E-state index contributed by atoms with van der Waals surface area (Å²) in [7, 11) is 1.61. The summed E-state index contributed by atoms with van der Waals surface area (Å²) in [5.74, 6) is -0.217. The molecule has 0 radical (unpaired) electrons. The number of hydrogen-bond acceptors (Lipinski definition) is 3. The minimum Gasteiger partial charge on any atom is -0.375 e. The van der Waals surface area contributed by atoms with Crippen molar-refractivity contribution in [3.63, 3.8) is 0 Å². The average molecular weight is 294 g/mol. The summed E-state index contributed by atoms with van der Waals surface area (Å²) < 4.78 is 5.47. The molecule has 2 rings (SSSR count). The number of ether oxygens (including phenoxy) is 1. The molecule has 0 aliphatic rings. The molecular weight excluding hydrogens is 278 g/mol. The van der Waals surface area contributed by atoms with Gasteiger partial charge in [0.25, 0.3) is 5.91 Å². The number of aromatic nitrogens is 2. The number of rotatable bonds is 5. The molecule has 1 aromatic heterocycles. The van der Waals surface area contributed by atoms with E-state index in [4.69, 9.17) is 16.3 Å². The fourth-order valence-corrected chi connectivity index (χ4v) is 2.15. The van der Waals surface area contributed by atoms with Crippen LogP contribution in [-0.4, -0.2) is 29.3 Å². The molecule has 0 saturated carbocycles. The van der Waals surface area contributed by atoms with Crippen molar-refractivity contribution in [3.05, 3.63) is 52.8 Å². The molecule has 20 heavy (non-hydrogen) atoms. The number of carbonyl (C=O) groups excluding carboxylic acids is 1. The highest BCUT2D eigenvalue weighted by Crippen LogP contribution is 2.22. The molecule has 0 spiro atoms. The highest BCUT2D eigenvalue weighted by Gasteiger charge is 2.21. The first kappa shape index (κ1) is 14.6. The van der Waals surface area contributed by atoms with E-state index in [1.54, 1.807) is 25.3 Å². The number of H-pyrrole nitrogens is 1. The molecule has 1 aromatic carbocycles. The lowest BCUT2D eigenvalue weighted by molar-refractivity contribution is 0.0642. The third kappa shape index (κ3) is 3.37. The molecule has 0 bridgehead atoms. The molecule has 0 aliphatic carbocycles. The summed E-state index contributed by atoms with van der Waals surface area (Å²) in [4.78, 5) is 12.0. The van der Waals surface area contributed by atoms with Crippen molar-refractivity contribution in [2.75, 3.05) is 7.11 Å². The maximum atomic E-state index is 12.0. The van der Waals surface area contributed by atoms with Gasteiger partial charge in [0.15, 0.2) is 0 Å². The quantitative estimate of drug-likeness (QED) is 0.890. The van der Waals surface area contributed by atoms with E-state index in [1.807, 2.05) is 19.1 Å². The van der Waals surface area contributed by atoms with E-state index in [0.29, 0.717) is 10.7 Å². The molecule has 2 atom stereocenters. The molecule has 0 aliphatic heterocycles. The van der Waals surface area contributed by atoms with Gasteiger partial charge >= 0.3 is 0 Å². The number of nitrogens with zero attached hydrogens (tertiary/aromatic N) is 1. The molecule has 0 fully saturated rings. The van der Waals surface area contributed by atoms with Crippen molar-refractivity contribution < 1.29 is 9.53 Å². The van der Waals surface area contributed by atoms with E-state index in [0.717, 1.165) is 5.56 Å². The first-order valence-electron chi connectivity index (χ1n) is 6.20. The zero-order chi connectivity index (χ0) is 14.5. The van der Waals surface area contributed by atoms with Crippen LogP contribution in [0.15, 0.2) is 36.5 Å². The highest BCUT2D eigenvalue weighted by molar-refractivity contribution is 6.30. The van der Waals surface area contributed by atoms with Gasteiger partial charge in [0.2, 0.25) is 0 Å². The maximum absolute atomic E-state index is 12.0. The van der Waals surface area contributed by atoms with Crippen molar-refractivity contribution in [1.29, 1.82) is 0 Å². The second kappa shape index (κ2) is 6.54. The summed E-state index contributed by atoms with van der Waals surface area (Å²) in [6.45, 7) is 1.89. The van der Waals surface area contributed by atoms with Crippen molar-refractivity contribution in [1.82, 2.24) is 15.5 Å². The number of carbonyl (C=O) groups is 1. The molecule has 1 amide bonds. The monoisotopic (exact) mass is 293 g/mol. The third-order valence-corrected chi connectivity index (χ3v) is 3.26. The molecule has 1 heterocycles. The Morgan fingerprint density at radius 2 is 2.05 bits per heavy atom. The molecule has 2 N–H and O–H groups in total. The second-order valence-electron chi connectivity index (χ2n) is 4.44. The van der Waals surface area contributed by atoms with Gasteiger partial charge in [-0.15, -0.1) is 0 Å². The lowest BCUT2D eigenvalue weighted by atomic mass is 10.0. The van der Waals surface area contributed by atoms with Crippen LogP contribution in [0.4, 0.5) is 0 Å². The summed E-state index contributed by atoms with van der Waals surface area (Å²) in [5, 5.41) is 9.92. The molecule has 106 valence electrons. The number of nitrogens with one attached hydrogen (secondary N) is 2. The van der Waals surface area contributed by atoms with Crippen LogP contribution in [0.25, 0.3) is 0 Å². The van der Waals surface area contributed by atoms with Crippen LogP contribution in [0, 0.1) is 0 Å². The van der Waals surface area contributed by atoms with E-state index in [9.17, 15) is 4.79 Å². The highest BCUT2D eigenvalue weighted by atomic mass is 35.5. The minimum absolute atomic E-state index is 0.197. The van der Waals surface area contributed by atoms with Crippen LogP contribution in [0.2, 0.25) is 5.02 Å². The number of hydrogen-bond donors (Lipinski definition) is 2. The van der Waals surface area contributed by atoms with E-state index in [-0.39, 0.29) is 18.1 Å². The van der Waals surface area contributed by atoms with Gasteiger partial charge in [-0.3, -0.25) is 9.89 Å². The van der Waals surface area contributed by atoms with Gasteiger partial charge in [-0.25, -0.2) is 0 Å². The molecule has 5 nitrogen and oxygen atoms in total. The molecule has 6 heteroatoms. The van der Waals surface area contributed by atoms with Gasteiger partial charge in [0.05, 0.1) is 6.04 Å². The fourth-order valence-electron chi connectivity index (χ4n) is 2.02. The van der Waals surface area contributed by atoms with Gasteiger partial charge in [0.1, 0.15) is 11.8 Å². The largest absolute Gasteiger partial charge is 0.375 e. The predicted molar refractivity (Wildman–Crippen MR) is 76.7 cm³/mol. The lowest BCUT2D eigenvalue weighted by Crippen LogP contribution is -2.38. The second-order valence-corrected chi connectivity index (χ2v) is 4.88. The SMILES string of the molecule is COC(c1ccc(Cl)cc1)C(C)NC(=O)c1ccn[nH]1. The van der Waals surface area contributed by atoms with E-state index < -0.39 is 0 Å². The number of aromatic amines is 1. The Balaban J connectivity index is 2.07. The Hall–Kier alpha value is -1.85. The molecule has 2 unspecified atom stereocenters. The third-order valence-electron chi connectivity index (χ3n) is 3.01. The van der Waals surface area contributed by atoms with Gasteiger partial charge in [-0.1, -0.05) is 23.7 Å². The Kier molecular flexibility index (Phi) is 4.76. The summed E-state index contributed by atoms with van der Waals surface area (Å²) in [6.07, 6.45) is 1.28. The summed E-state index contributed by atoms with van der Waals surface area (Å²) >= 11 is 5.87. The lowest BCUT2D eigenvalue weighted by Gasteiger charge is -2.24. The first-order valence-corrected chi connectivity index (χ1v) is 6.58. The predicted octanol–water partition coefficient (Wildman–Crippen LogP) is 2.57. The standard InChI is InChI=1S/C14H16ClN3O2/c1-9(17-14(19)12-7-8-16-18-12)13(20-2)10-3-5-11(15)6-4-10/h3-9,13H,1-2H3,(H,16,18)(H,17,19). The van der Waals surface area contributed by atoms with Crippen LogP contribution in [0.3, 0.4) is 0 Å². The number of amides is 1. The maximum Gasteiger partial charge on any atom is 0.269 e. The van der Waals surface area contributed by atoms with Crippen molar-refractivity contribution in [2.24, 2.45) is 0 Å². The number of methoxy groups -OCH3 is 1. The van der Waals surface area contributed by atoms with E-state index in [1.165, 1.54) is 6.20 Å². The zero-order valence-corrected chi connectivity index (χ0v) is 12.0. The zero-order valence-electron chi connectivity index (χ0n) is 11.3. The molecule has 0 saturated heterocycles. The van der Waals surface area contributed by atoms with Gasteiger partial charge in [0, 0.05) is 18.3 Å². The van der Waals surface area contributed by atoms with Crippen LogP contribution < -0.4 is 5.32 Å². The van der Waals surface area contributed by atoms with Crippen LogP contribution in [0.1, 0.15) is 29.1 Å². The average Bonchev–Trinajstić information content (AvgIpc) is 2.96. The normalized spacial score (nSPS) is 13.8. The van der Waals surface area contributed by atoms with Crippen LogP contribution in [-0.2, 0) is 4.74 Å². The smallest absolute Gasteiger partial charge is 0.269 e. The topological polar surface area (TPSA) is 67.0 Å². The van der Waals surface area contributed by atoms with Crippen molar-refractivity contribution in [2.45, 2.75) is 19.1 Å². The Morgan fingerprint density at radius 1 is 1.35 bits per heavy atom. The Labute approximate surface area is 122 Å². The molecule has 2 aromatic rings. The Morgan fingerprint density at radius 3 is 2.60 bits per heavy atom. The fraction of sp³-hybridized carbons (Fsp3) is 0.286. The summed E-state index contributed by atoms with van der Waals surface area (Å²) in [6, 6.07) is 8.78. The summed E-state index contributed by atoms with van der Waals surface area (Å²) in [5.41, 5.74) is 1.37. The minimum atomic E-state index is -0.251. The van der Waals surface area contributed by atoms with E-state index >= 15 is 0 Å². The van der Waals surface area contributed by atoms with Crippen LogP contribution in [0.5, 0.6) is 0 Å².